The predicted octanol–water partition coefficient (Wildman–Crippen LogP) is 3.16. The summed E-state index contributed by atoms with van der Waals surface area (Å²) in [7, 11) is 1.67. The minimum absolute atomic E-state index is 0.870. The molecule has 0 atom stereocenters. The molecule has 0 bridgehead atoms. The van der Waals surface area contributed by atoms with Crippen LogP contribution < -0.4 is 10.1 Å². The second kappa shape index (κ2) is 5.32. The summed E-state index contributed by atoms with van der Waals surface area (Å²) >= 11 is 0. The molecule has 0 saturated heterocycles. The highest BCUT2D eigenvalue weighted by atomic mass is 16.5. The lowest BCUT2D eigenvalue weighted by Crippen LogP contribution is -2.01. The van der Waals surface area contributed by atoms with Crippen molar-refractivity contribution in [3.63, 3.8) is 0 Å². The van der Waals surface area contributed by atoms with Crippen LogP contribution in [0.3, 0.4) is 0 Å². The first-order valence-corrected chi connectivity index (χ1v) is 4.86. The second-order valence-corrected chi connectivity index (χ2v) is 3.08. The van der Waals surface area contributed by atoms with E-state index in [1.54, 1.807) is 7.11 Å². The molecule has 1 aromatic carbocycles. The van der Waals surface area contributed by atoms with E-state index in [9.17, 15) is 0 Å². The van der Waals surface area contributed by atoms with Gasteiger partial charge in [-0.05, 0) is 24.1 Å². The highest BCUT2D eigenvalue weighted by Crippen LogP contribution is 2.23. The van der Waals surface area contributed by atoms with Gasteiger partial charge in [0.15, 0.2) is 0 Å². The van der Waals surface area contributed by atoms with E-state index >= 15 is 0 Å². The van der Waals surface area contributed by atoms with Gasteiger partial charge in [0, 0.05) is 18.3 Å². The number of methoxy groups -OCH3 is 1. The molecule has 2 heteroatoms. The fourth-order valence-corrected chi connectivity index (χ4v) is 1.25. The lowest BCUT2D eigenvalue weighted by Gasteiger charge is -2.10. The van der Waals surface area contributed by atoms with Crippen molar-refractivity contribution in [1.82, 2.24) is 0 Å². The fraction of sp³-hybridized carbons (Fsp3) is 0.333. The molecule has 0 spiro atoms. The van der Waals surface area contributed by atoms with Crippen LogP contribution in [0.15, 0.2) is 24.8 Å². The molecule has 0 fully saturated rings. The number of anilines is 1. The van der Waals surface area contributed by atoms with E-state index in [0.29, 0.717) is 0 Å². The quantitative estimate of drug-likeness (QED) is 0.772. The van der Waals surface area contributed by atoms with Crippen LogP contribution in [0.5, 0.6) is 5.75 Å². The Morgan fingerprint density at radius 1 is 1.50 bits per heavy atom. The molecule has 0 heterocycles. The maximum Gasteiger partial charge on any atom is 0.120 e. The number of hydrogen-bond donors (Lipinski definition) is 1. The largest absolute Gasteiger partial charge is 0.497 e. The van der Waals surface area contributed by atoms with Gasteiger partial charge in [0.05, 0.1) is 7.11 Å². The smallest absolute Gasteiger partial charge is 0.120 e. The predicted molar refractivity (Wildman–Crippen MR) is 61.9 cm³/mol. The number of ether oxygens (including phenoxy) is 1. The van der Waals surface area contributed by atoms with E-state index in [4.69, 9.17) is 4.74 Å². The molecule has 1 aromatic rings. The van der Waals surface area contributed by atoms with E-state index in [1.807, 2.05) is 24.3 Å². The number of benzene rings is 1. The highest BCUT2D eigenvalue weighted by Gasteiger charge is 2.00. The maximum absolute atomic E-state index is 5.16. The topological polar surface area (TPSA) is 21.3 Å². The first-order chi connectivity index (χ1) is 6.81. The minimum atomic E-state index is 0.870. The molecule has 76 valence electrons. The van der Waals surface area contributed by atoms with Gasteiger partial charge in [0.1, 0.15) is 5.75 Å². The number of rotatable bonds is 5. The molecule has 0 aliphatic rings. The molecule has 0 aliphatic heterocycles. The van der Waals surface area contributed by atoms with Crippen LogP contribution in [0.25, 0.3) is 6.08 Å². The van der Waals surface area contributed by atoms with Crippen LogP contribution in [-0.2, 0) is 0 Å². The molecule has 2 nitrogen and oxygen atoms in total. The first-order valence-electron chi connectivity index (χ1n) is 4.86. The molecule has 1 N–H and O–H groups in total. The van der Waals surface area contributed by atoms with Crippen molar-refractivity contribution < 1.29 is 4.74 Å². The Balaban J connectivity index is 2.90. The van der Waals surface area contributed by atoms with Crippen LogP contribution in [0.1, 0.15) is 18.9 Å². The van der Waals surface area contributed by atoms with Crippen LogP contribution in [0.2, 0.25) is 0 Å². The van der Waals surface area contributed by atoms with Crippen molar-refractivity contribution in [2.24, 2.45) is 0 Å². The SMILES string of the molecule is C=Cc1ccc(OC)cc1NCCC. The third-order valence-electron chi connectivity index (χ3n) is 2.05. The zero-order valence-corrected chi connectivity index (χ0v) is 8.84. The molecule has 14 heavy (non-hydrogen) atoms. The van der Waals surface area contributed by atoms with Crippen molar-refractivity contribution >= 4 is 11.8 Å². The number of hydrogen-bond acceptors (Lipinski definition) is 2. The van der Waals surface area contributed by atoms with Gasteiger partial charge in [-0.1, -0.05) is 19.6 Å². The van der Waals surface area contributed by atoms with Crippen LogP contribution in [0, 0.1) is 0 Å². The van der Waals surface area contributed by atoms with Crippen LogP contribution in [0.4, 0.5) is 5.69 Å². The van der Waals surface area contributed by atoms with Crippen molar-refractivity contribution in [3.8, 4) is 5.75 Å². The lowest BCUT2D eigenvalue weighted by molar-refractivity contribution is 0.415. The minimum Gasteiger partial charge on any atom is -0.497 e. The first kappa shape index (κ1) is 10.6. The van der Waals surface area contributed by atoms with E-state index in [1.165, 1.54) is 0 Å². The number of nitrogens with one attached hydrogen (secondary N) is 1. The lowest BCUT2D eigenvalue weighted by atomic mass is 10.1. The molecule has 0 aromatic heterocycles. The molecule has 1 rings (SSSR count). The molecule has 0 unspecified atom stereocenters. The summed E-state index contributed by atoms with van der Waals surface area (Å²) in [6.45, 7) is 6.88. The average Bonchev–Trinajstić information content (AvgIpc) is 2.25. The Morgan fingerprint density at radius 3 is 2.86 bits per heavy atom. The van der Waals surface area contributed by atoms with Crippen molar-refractivity contribution in [2.75, 3.05) is 19.0 Å². The summed E-state index contributed by atoms with van der Waals surface area (Å²) in [5.41, 5.74) is 2.19. The van der Waals surface area contributed by atoms with E-state index in [-0.39, 0.29) is 0 Å². The monoisotopic (exact) mass is 191 g/mol. The summed E-state index contributed by atoms with van der Waals surface area (Å²) in [6.07, 6.45) is 2.95. The molecule has 0 aliphatic carbocycles. The molecular formula is C12H17NO. The summed E-state index contributed by atoms with van der Waals surface area (Å²) in [4.78, 5) is 0. The average molecular weight is 191 g/mol. The third-order valence-corrected chi connectivity index (χ3v) is 2.05. The van der Waals surface area contributed by atoms with Crippen molar-refractivity contribution in [2.45, 2.75) is 13.3 Å². The highest BCUT2D eigenvalue weighted by molar-refractivity contribution is 5.67. The summed E-state index contributed by atoms with van der Waals surface area (Å²) in [6, 6.07) is 5.94. The molecular weight excluding hydrogens is 174 g/mol. The normalized spacial score (nSPS) is 9.57. The standard InChI is InChI=1S/C12H17NO/c1-4-8-13-12-9-11(14-3)7-6-10(12)5-2/h5-7,9,13H,2,4,8H2,1,3H3. The van der Waals surface area contributed by atoms with Crippen molar-refractivity contribution in [1.29, 1.82) is 0 Å². The van der Waals surface area contributed by atoms with E-state index < -0.39 is 0 Å². The molecule has 0 radical (unpaired) electrons. The zero-order chi connectivity index (χ0) is 10.4. The van der Waals surface area contributed by atoms with Gasteiger partial charge in [0.2, 0.25) is 0 Å². The molecule has 0 saturated carbocycles. The third kappa shape index (κ3) is 2.52. The van der Waals surface area contributed by atoms with Crippen LogP contribution in [-0.4, -0.2) is 13.7 Å². The van der Waals surface area contributed by atoms with E-state index in [2.05, 4.69) is 18.8 Å². The summed E-state index contributed by atoms with van der Waals surface area (Å²) in [5, 5.41) is 3.34. The Labute approximate surface area is 85.6 Å². The Kier molecular flexibility index (Phi) is 4.05. The van der Waals surface area contributed by atoms with Gasteiger partial charge in [-0.2, -0.15) is 0 Å². The van der Waals surface area contributed by atoms with E-state index in [0.717, 1.165) is 30.0 Å². The zero-order valence-electron chi connectivity index (χ0n) is 8.84. The fourth-order valence-electron chi connectivity index (χ4n) is 1.25. The molecule has 0 amide bonds. The van der Waals surface area contributed by atoms with Gasteiger partial charge >= 0.3 is 0 Å². The van der Waals surface area contributed by atoms with Gasteiger partial charge in [-0.3, -0.25) is 0 Å². The van der Waals surface area contributed by atoms with Gasteiger partial charge in [-0.25, -0.2) is 0 Å². The van der Waals surface area contributed by atoms with Gasteiger partial charge < -0.3 is 10.1 Å². The van der Waals surface area contributed by atoms with Crippen molar-refractivity contribution in [3.05, 3.63) is 30.3 Å². The van der Waals surface area contributed by atoms with Gasteiger partial charge in [0.25, 0.3) is 0 Å². The summed E-state index contributed by atoms with van der Waals surface area (Å²) in [5.74, 6) is 0.870. The Hall–Kier alpha value is -1.44. The van der Waals surface area contributed by atoms with Crippen LogP contribution >= 0.6 is 0 Å². The Bertz CT molecular complexity index is 307. The summed E-state index contributed by atoms with van der Waals surface area (Å²) < 4.78 is 5.16. The maximum atomic E-state index is 5.16. The van der Waals surface area contributed by atoms with Gasteiger partial charge in [-0.15, -0.1) is 0 Å². The second-order valence-electron chi connectivity index (χ2n) is 3.08. The Morgan fingerprint density at radius 2 is 2.29 bits per heavy atom.